The van der Waals surface area contributed by atoms with Crippen molar-refractivity contribution in [2.75, 3.05) is 11.9 Å². The number of halogens is 1. The Hall–Kier alpha value is -1.42. The molecule has 2 N–H and O–H groups in total. The standard InChI is InChI=1S/C16H21FN2O/c17-16-13-8-9-18-10-12(13)5-6-14(16)19-15(20)7-4-11-2-1-3-11/h5-6,11,18H,1-4,7-10H2,(H,19,20). The smallest absolute Gasteiger partial charge is 0.224 e. The van der Waals surface area contributed by atoms with Crippen LogP contribution in [0, 0.1) is 11.7 Å². The second kappa shape index (κ2) is 5.92. The van der Waals surface area contributed by atoms with Gasteiger partial charge in [-0.25, -0.2) is 4.39 Å². The second-order valence-electron chi connectivity index (χ2n) is 5.88. The molecule has 3 rings (SSSR count). The molecule has 108 valence electrons. The Balaban J connectivity index is 1.63. The van der Waals surface area contributed by atoms with Crippen LogP contribution in [0.2, 0.25) is 0 Å². The fraction of sp³-hybridized carbons (Fsp3) is 0.562. The molecule has 1 aromatic rings. The molecular formula is C16H21FN2O. The van der Waals surface area contributed by atoms with Gasteiger partial charge in [0.25, 0.3) is 0 Å². The maximum absolute atomic E-state index is 14.3. The molecule has 20 heavy (non-hydrogen) atoms. The molecule has 0 aromatic heterocycles. The van der Waals surface area contributed by atoms with Crippen molar-refractivity contribution in [3.63, 3.8) is 0 Å². The Kier molecular flexibility index (Phi) is 4.01. The first-order chi connectivity index (χ1) is 9.74. The third-order valence-corrected chi connectivity index (χ3v) is 4.49. The first kappa shape index (κ1) is 13.6. The topological polar surface area (TPSA) is 41.1 Å². The third-order valence-electron chi connectivity index (χ3n) is 4.49. The summed E-state index contributed by atoms with van der Waals surface area (Å²) in [6.07, 6.45) is 5.90. The van der Waals surface area contributed by atoms with Gasteiger partial charge in [0.1, 0.15) is 5.82 Å². The van der Waals surface area contributed by atoms with Crippen LogP contribution in [-0.2, 0) is 17.8 Å². The van der Waals surface area contributed by atoms with E-state index in [1.165, 1.54) is 19.3 Å². The minimum atomic E-state index is -0.249. The van der Waals surface area contributed by atoms with Gasteiger partial charge in [-0.1, -0.05) is 25.3 Å². The van der Waals surface area contributed by atoms with E-state index in [1.54, 1.807) is 6.07 Å². The summed E-state index contributed by atoms with van der Waals surface area (Å²) in [6, 6.07) is 3.59. The molecule has 4 heteroatoms. The van der Waals surface area contributed by atoms with Crippen molar-refractivity contribution in [3.05, 3.63) is 29.1 Å². The zero-order chi connectivity index (χ0) is 13.9. The van der Waals surface area contributed by atoms with Crippen LogP contribution in [-0.4, -0.2) is 12.5 Å². The van der Waals surface area contributed by atoms with E-state index in [0.717, 1.165) is 24.1 Å². The van der Waals surface area contributed by atoms with Crippen LogP contribution in [0.1, 0.15) is 43.2 Å². The largest absolute Gasteiger partial charge is 0.324 e. The number of nitrogens with one attached hydrogen (secondary N) is 2. The maximum atomic E-state index is 14.3. The summed E-state index contributed by atoms with van der Waals surface area (Å²) < 4.78 is 14.3. The van der Waals surface area contributed by atoms with Crippen molar-refractivity contribution in [2.24, 2.45) is 5.92 Å². The maximum Gasteiger partial charge on any atom is 0.224 e. The SMILES string of the molecule is O=C(CCC1CCC1)Nc1ccc2c(c1F)CCNC2. The quantitative estimate of drug-likeness (QED) is 0.887. The number of carbonyl (C=O) groups is 1. The molecule has 0 atom stereocenters. The molecule has 0 bridgehead atoms. The Bertz CT molecular complexity index is 511. The van der Waals surface area contributed by atoms with Crippen LogP contribution < -0.4 is 10.6 Å². The fourth-order valence-corrected chi connectivity index (χ4v) is 2.96. The predicted molar refractivity (Wildman–Crippen MR) is 77.0 cm³/mol. The Morgan fingerprint density at radius 2 is 2.25 bits per heavy atom. The normalized spacial score (nSPS) is 18.2. The van der Waals surface area contributed by atoms with Gasteiger partial charge < -0.3 is 10.6 Å². The minimum absolute atomic E-state index is 0.0651. The van der Waals surface area contributed by atoms with E-state index in [2.05, 4.69) is 10.6 Å². The van der Waals surface area contributed by atoms with E-state index >= 15 is 0 Å². The summed E-state index contributed by atoms with van der Waals surface area (Å²) >= 11 is 0. The lowest BCUT2D eigenvalue weighted by molar-refractivity contribution is -0.116. The highest BCUT2D eigenvalue weighted by Crippen LogP contribution is 2.30. The van der Waals surface area contributed by atoms with Crippen molar-refractivity contribution >= 4 is 11.6 Å². The number of carbonyl (C=O) groups excluding carboxylic acids is 1. The Labute approximate surface area is 118 Å². The summed E-state index contributed by atoms with van der Waals surface area (Å²) in [6.45, 7) is 1.51. The highest BCUT2D eigenvalue weighted by atomic mass is 19.1. The number of anilines is 1. The molecule has 0 radical (unpaired) electrons. The minimum Gasteiger partial charge on any atom is -0.324 e. The van der Waals surface area contributed by atoms with E-state index in [1.807, 2.05) is 6.07 Å². The van der Waals surface area contributed by atoms with Crippen molar-refractivity contribution < 1.29 is 9.18 Å². The first-order valence-corrected chi connectivity index (χ1v) is 7.55. The van der Waals surface area contributed by atoms with Crippen LogP contribution >= 0.6 is 0 Å². The highest BCUT2D eigenvalue weighted by Gasteiger charge is 2.20. The first-order valence-electron chi connectivity index (χ1n) is 7.55. The van der Waals surface area contributed by atoms with Gasteiger partial charge in [0.15, 0.2) is 0 Å². The molecule has 2 aliphatic rings. The van der Waals surface area contributed by atoms with Crippen LogP contribution in [0.25, 0.3) is 0 Å². The van der Waals surface area contributed by atoms with Crippen molar-refractivity contribution in [3.8, 4) is 0 Å². The molecule has 1 aromatic carbocycles. The number of hydrogen-bond acceptors (Lipinski definition) is 2. The Morgan fingerprint density at radius 3 is 3.00 bits per heavy atom. The number of amides is 1. The molecule has 1 saturated carbocycles. The lowest BCUT2D eigenvalue weighted by atomic mass is 9.82. The highest BCUT2D eigenvalue weighted by molar-refractivity contribution is 5.91. The molecule has 0 unspecified atom stereocenters. The van der Waals surface area contributed by atoms with E-state index < -0.39 is 0 Å². The molecule has 1 aliphatic carbocycles. The van der Waals surface area contributed by atoms with Crippen LogP contribution in [0.5, 0.6) is 0 Å². The number of benzene rings is 1. The fourth-order valence-electron chi connectivity index (χ4n) is 2.96. The van der Waals surface area contributed by atoms with Gasteiger partial charge in [-0.05, 0) is 42.5 Å². The summed E-state index contributed by atoms with van der Waals surface area (Å²) in [5.74, 6) is 0.394. The molecule has 0 saturated heterocycles. The van der Waals surface area contributed by atoms with Gasteiger partial charge in [0.05, 0.1) is 5.69 Å². The van der Waals surface area contributed by atoms with E-state index in [-0.39, 0.29) is 11.7 Å². The Morgan fingerprint density at radius 1 is 1.40 bits per heavy atom. The zero-order valence-electron chi connectivity index (χ0n) is 11.7. The second-order valence-corrected chi connectivity index (χ2v) is 5.88. The van der Waals surface area contributed by atoms with Crippen LogP contribution in [0.15, 0.2) is 12.1 Å². The number of fused-ring (bicyclic) bond motifs is 1. The lowest BCUT2D eigenvalue weighted by Gasteiger charge is -2.24. The molecule has 3 nitrogen and oxygen atoms in total. The van der Waals surface area contributed by atoms with Crippen molar-refractivity contribution in [2.45, 2.75) is 45.1 Å². The van der Waals surface area contributed by atoms with E-state index in [9.17, 15) is 9.18 Å². The van der Waals surface area contributed by atoms with Crippen molar-refractivity contribution in [1.82, 2.24) is 5.32 Å². The zero-order valence-corrected chi connectivity index (χ0v) is 11.7. The number of rotatable bonds is 4. The summed E-state index contributed by atoms with van der Waals surface area (Å²) in [5, 5.41) is 5.95. The summed E-state index contributed by atoms with van der Waals surface area (Å²) in [5.41, 5.74) is 2.09. The van der Waals surface area contributed by atoms with Gasteiger partial charge in [-0.3, -0.25) is 4.79 Å². The summed E-state index contributed by atoms with van der Waals surface area (Å²) in [4.78, 5) is 11.9. The monoisotopic (exact) mass is 276 g/mol. The lowest BCUT2D eigenvalue weighted by Crippen LogP contribution is -2.25. The third kappa shape index (κ3) is 2.85. The number of hydrogen-bond donors (Lipinski definition) is 2. The van der Waals surface area contributed by atoms with E-state index in [0.29, 0.717) is 31.0 Å². The van der Waals surface area contributed by atoms with Gasteiger partial charge in [0.2, 0.25) is 5.91 Å². The molecule has 1 fully saturated rings. The molecule has 1 amide bonds. The van der Waals surface area contributed by atoms with Gasteiger partial charge in [-0.2, -0.15) is 0 Å². The molecule has 0 spiro atoms. The average molecular weight is 276 g/mol. The molecule has 1 heterocycles. The molecule has 1 aliphatic heterocycles. The van der Waals surface area contributed by atoms with Crippen LogP contribution in [0.3, 0.4) is 0 Å². The molecular weight excluding hydrogens is 255 g/mol. The summed E-state index contributed by atoms with van der Waals surface area (Å²) in [7, 11) is 0. The van der Waals surface area contributed by atoms with Gasteiger partial charge in [0, 0.05) is 13.0 Å². The van der Waals surface area contributed by atoms with Gasteiger partial charge >= 0.3 is 0 Å². The van der Waals surface area contributed by atoms with Gasteiger partial charge in [-0.15, -0.1) is 0 Å². The van der Waals surface area contributed by atoms with Crippen molar-refractivity contribution in [1.29, 1.82) is 0 Å². The van der Waals surface area contributed by atoms with E-state index in [4.69, 9.17) is 0 Å². The average Bonchev–Trinajstić information content (AvgIpc) is 2.40. The predicted octanol–water partition coefficient (Wildman–Crippen LogP) is 2.99. The van der Waals surface area contributed by atoms with Crippen LogP contribution in [0.4, 0.5) is 10.1 Å².